The summed E-state index contributed by atoms with van der Waals surface area (Å²) in [6, 6.07) is 11.0. The lowest BCUT2D eigenvalue weighted by atomic mass is 10.0. The number of aromatic nitrogens is 1. The van der Waals surface area contributed by atoms with Gasteiger partial charge < -0.3 is 28.4 Å². The van der Waals surface area contributed by atoms with Gasteiger partial charge >= 0.3 is 0 Å². The Hall–Kier alpha value is -3.83. The van der Waals surface area contributed by atoms with Gasteiger partial charge in [-0.3, -0.25) is 9.78 Å². The van der Waals surface area contributed by atoms with E-state index in [1.807, 2.05) is 37.4 Å². The van der Waals surface area contributed by atoms with Gasteiger partial charge in [-0.05, 0) is 86.1 Å². The van der Waals surface area contributed by atoms with Gasteiger partial charge in [0.05, 0.1) is 46.8 Å². The number of ether oxygens (including phenoxy) is 6. The molecule has 1 fully saturated rings. The first-order valence-corrected chi connectivity index (χ1v) is 16.4. The lowest BCUT2D eigenvalue weighted by Gasteiger charge is -2.21. The summed E-state index contributed by atoms with van der Waals surface area (Å²) >= 11 is 0. The molecule has 44 heavy (non-hydrogen) atoms. The van der Waals surface area contributed by atoms with Crippen molar-refractivity contribution >= 4 is 15.6 Å². The van der Waals surface area contributed by atoms with Crippen LogP contribution in [0, 0.1) is 0 Å². The lowest BCUT2D eigenvalue weighted by molar-refractivity contribution is -0.114. The monoisotopic (exact) mass is 627 g/mol. The van der Waals surface area contributed by atoms with E-state index in [-0.39, 0.29) is 23.4 Å². The minimum absolute atomic E-state index is 0.0688. The van der Waals surface area contributed by atoms with Crippen molar-refractivity contribution in [1.29, 1.82) is 0 Å². The molecular formula is C33H41NO9S. The number of carbonyl (C=O) groups is 1. The van der Waals surface area contributed by atoms with E-state index in [0.29, 0.717) is 60.9 Å². The zero-order valence-electron chi connectivity index (χ0n) is 26.0. The van der Waals surface area contributed by atoms with Crippen molar-refractivity contribution in [3.05, 3.63) is 65.5 Å². The molecule has 0 bridgehead atoms. The highest BCUT2D eigenvalue weighted by Crippen LogP contribution is 2.48. The van der Waals surface area contributed by atoms with Crippen LogP contribution in [0.4, 0.5) is 0 Å². The second-order valence-corrected chi connectivity index (χ2v) is 12.6. The van der Waals surface area contributed by atoms with Crippen molar-refractivity contribution in [3.63, 3.8) is 0 Å². The third-order valence-corrected chi connectivity index (χ3v) is 9.02. The summed E-state index contributed by atoms with van der Waals surface area (Å²) in [7, 11) is 0.639. The summed E-state index contributed by atoms with van der Waals surface area (Å²) in [6.07, 6.45) is 6.20. The fraction of sp³-hybridized carbons (Fsp3) is 0.455. The molecule has 1 aliphatic heterocycles. The Bertz CT molecular complexity index is 1500. The molecule has 0 unspecified atom stereocenters. The Morgan fingerprint density at radius 2 is 1.57 bits per heavy atom. The van der Waals surface area contributed by atoms with E-state index in [1.165, 1.54) is 6.92 Å². The van der Waals surface area contributed by atoms with Gasteiger partial charge in [-0.15, -0.1) is 0 Å². The van der Waals surface area contributed by atoms with Crippen LogP contribution < -0.4 is 23.7 Å². The molecule has 0 amide bonds. The molecule has 2 heterocycles. The largest absolute Gasteiger partial charge is 0.493 e. The minimum Gasteiger partial charge on any atom is -0.493 e. The number of nitrogens with zero attached hydrogens (tertiary/aromatic N) is 1. The Balaban J connectivity index is 1.67. The number of pyridine rings is 1. The van der Waals surface area contributed by atoms with Gasteiger partial charge in [0, 0.05) is 12.4 Å². The topological polar surface area (TPSA) is 119 Å². The molecule has 238 valence electrons. The van der Waals surface area contributed by atoms with Crippen LogP contribution in [-0.4, -0.2) is 59.5 Å². The quantitative estimate of drug-likeness (QED) is 0.179. The minimum atomic E-state index is -4.03. The second-order valence-electron chi connectivity index (χ2n) is 10.6. The van der Waals surface area contributed by atoms with E-state index in [4.69, 9.17) is 28.4 Å². The number of methoxy groups -OCH3 is 3. The summed E-state index contributed by atoms with van der Waals surface area (Å²) in [4.78, 5) is 16.1. The van der Waals surface area contributed by atoms with Gasteiger partial charge in [0.25, 0.3) is 0 Å². The van der Waals surface area contributed by atoms with Gasteiger partial charge in [0.1, 0.15) is 16.4 Å². The van der Waals surface area contributed by atoms with Crippen LogP contribution in [0.1, 0.15) is 68.4 Å². The highest BCUT2D eigenvalue weighted by atomic mass is 32.2. The van der Waals surface area contributed by atoms with Crippen LogP contribution in [0.25, 0.3) is 0 Å². The maximum atomic E-state index is 13.5. The zero-order chi connectivity index (χ0) is 31.7. The number of hydrogen-bond donors (Lipinski definition) is 0. The molecule has 11 heteroatoms. The van der Waals surface area contributed by atoms with E-state index in [0.717, 1.165) is 17.5 Å². The predicted molar refractivity (Wildman–Crippen MR) is 165 cm³/mol. The number of carbonyl (C=O) groups excluding carboxylic acids is 1. The lowest BCUT2D eigenvalue weighted by Crippen LogP contribution is -2.16. The van der Waals surface area contributed by atoms with Crippen molar-refractivity contribution in [2.45, 2.75) is 63.1 Å². The Labute approximate surface area is 259 Å². The fourth-order valence-electron chi connectivity index (χ4n) is 5.23. The molecule has 10 nitrogen and oxygen atoms in total. The molecule has 0 aliphatic carbocycles. The fourth-order valence-corrected chi connectivity index (χ4v) is 6.68. The molecule has 1 saturated heterocycles. The van der Waals surface area contributed by atoms with Crippen LogP contribution in [-0.2, 0) is 25.8 Å². The third-order valence-electron chi connectivity index (χ3n) is 7.26. The summed E-state index contributed by atoms with van der Waals surface area (Å²) in [5, 5.41) is 0. The SMILES string of the molecule is CCCOc1c(OCCCc2cccnc2)cc([C@@H]2CC[C@@H](c3cc(OC)c(OC)c(OC)c3)O2)cc1S(=O)(=O)CC(C)=O. The van der Waals surface area contributed by atoms with Crippen molar-refractivity contribution in [3.8, 4) is 28.7 Å². The number of hydrogen-bond acceptors (Lipinski definition) is 10. The summed E-state index contributed by atoms with van der Waals surface area (Å²) in [5.74, 6) is 0.856. The number of Topliss-reactive ketones (excluding diaryl/α,β-unsaturated/α-hetero) is 1. The average Bonchev–Trinajstić information content (AvgIpc) is 3.51. The molecule has 1 aromatic heterocycles. The Morgan fingerprint density at radius 3 is 2.14 bits per heavy atom. The number of ketones is 1. The maximum Gasteiger partial charge on any atom is 0.203 e. The first-order chi connectivity index (χ1) is 21.2. The molecule has 0 saturated carbocycles. The number of aryl methyl sites for hydroxylation is 1. The van der Waals surface area contributed by atoms with Crippen LogP contribution >= 0.6 is 0 Å². The Kier molecular flexibility index (Phi) is 11.5. The van der Waals surface area contributed by atoms with Gasteiger partial charge in [-0.25, -0.2) is 8.42 Å². The van der Waals surface area contributed by atoms with E-state index in [1.54, 1.807) is 39.7 Å². The summed E-state index contributed by atoms with van der Waals surface area (Å²) in [5.41, 5.74) is 2.56. The van der Waals surface area contributed by atoms with E-state index in [9.17, 15) is 13.2 Å². The first-order valence-electron chi connectivity index (χ1n) is 14.7. The predicted octanol–water partition coefficient (Wildman–Crippen LogP) is 5.86. The van der Waals surface area contributed by atoms with Crippen LogP contribution in [0.5, 0.6) is 28.7 Å². The number of sulfone groups is 1. The van der Waals surface area contributed by atoms with E-state index in [2.05, 4.69) is 4.98 Å². The van der Waals surface area contributed by atoms with Gasteiger partial charge in [-0.2, -0.15) is 0 Å². The molecule has 3 aromatic rings. The maximum absolute atomic E-state index is 13.5. The molecule has 2 atom stereocenters. The Morgan fingerprint density at radius 1 is 0.909 bits per heavy atom. The molecule has 1 aliphatic rings. The number of benzene rings is 2. The van der Waals surface area contributed by atoms with Gasteiger partial charge in [0.15, 0.2) is 32.8 Å². The van der Waals surface area contributed by atoms with Crippen LogP contribution in [0.3, 0.4) is 0 Å². The van der Waals surface area contributed by atoms with Crippen LogP contribution in [0.15, 0.2) is 53.7 Å². The molecule has 0 N–H and O–H groups in total. The van der Waals surface area contributed by atoms with E-state index >= 15 is 0 Å². The molecule has 2 aromatic carbocycles. The second kappa shape index (κ2) is 15.3. The summed E-state index contributed by atoms with van der Waals surface area (Å²) < 4.78 is 62.2. The molecule has 4 rings (SSSR count). The first kappa shape index (κ1) is 33.1. The summed E-state index contributed by atoms with van der Waals surface area (Å²) in [6.45, 7) is 3.80. The van der Waals surface area contributed by atoms with Crippen molar-refractivity contribution in [2.75, 3.05) is 40.3 Å². The van der Waals surface area contributed by atoms with Gasteiger partial charge in [-0.1, -0.05) is 13.0 Å². The zero-order valence-corrected chi connectivity index (χ0v) is 26.8. The standard InChI is InChI=1S/C33H41NO9S/c1-6-14-42-33-30(41-15-8-10-23-9-7-13-34-20-23)18-25(19-31(33)44(36,37)21-22(2)35)27-12-11-26(43-27)24-16-28(38-3)32(40-5)29(17-24)39-4/h7,9,13,16-20,26-27H,6,8,10-12,14-15,21H2,1-5H3/t26-,27-/m0/s1. The number of rotatable bonds is 16. The highest BCUT2D eigenvalue weighted by Gasteiger charge is 2.33. The third kappa shape index (κ3) is 8.00. The average molecular weight is 628 g/mol. The molecular weight excluding hydrogens is 586 g/mol. The smallest absolute Gasteiger partial charge is 0.203 e. The van der Waals surface area contributed by atoms with Crippen molar-refractivity contribution < 1.29 is 41.6 Å². The van der Waals surface area contributed by atoms with Crippen molar-refractivity contribution in [2.24, 2.45) is 0 Å². The molecule has 0 spiro atoms. The molecule has 0 radical (unpaired) electrons. The van der Waals surface area contributed by atoms with Crippen molar-refractivity contribution in [1.82, 2.24) is 4.98 Å². The van der Waals surface area contributed by atoms with Gasteiger partial charge in [0.2, 0.25) is 5.75 Å². The highest BCUT2D eigenvalue weighted by molar-refractivity contribution is 7.92. The van der Waals surface area contributed by atoms with Crippen LogP contribution in [0.2, 0.25) is 0 Å². The van der Waals surface area contributed by atoms with E-state index < -0.39 is 27.5 Å². The normalized spacial score (nSPS) is 16.4.